The number of hydrogen-bond donors (Lipinski definition) is 1. The third-order valence-corrected chi connectivity index (χ3v) is 2.96. The van der Waals surface area contributed by atoms with Crippen LogP contribution in [0.5, 0.6) is 0 Å². The molecule has 1 N–H and O–H groups in total. The molecule has 2 rings (SSSR count). The van der Waals surface area contributed by atoms with Crippen molar-refractivity contribution < 1.29 is 0 Å². The SMILES string of the molecule is Brc1cccc(C=C2CCNCC2)c1.Cl. The molecule has 82 valence electrons. The highest BCUT2D eigenvalue weighted by Gasteiger charge is 2.03. The quantitative estimate of drug-likeness (QED) is 0.832. The highest BCUT2D eigenvalue weighted by atomic mass is 79.9. The lowest BCUT2D eigenvalue weighted by Crippen LogP contribution is -2.22. The number of nitrogens with one attached hydrogen (secondary N) is 1. The van der Waals surface area contributed by atoms with Gasteiger partial charge in [0.1, 0.15) is 0 Å². The molecule has 3 heteroatoms. The summed E-state index contributed by atoms with van der Waals surface area (Å²) in [6, 6.07) is 8.46. The highest BCUT2D eigenvalue weighted by Crippen LogP contribution is 2.18. The average molecular weight is 289 g/mol. The van der Waals surface area contributed by atoms with E-state index in [1.165, 1.54) is 18.4 Å². The lowest BCUT2D eigenvalue weighted by atomic mass is 10.0. The summed E-state index contributed by atoms with van der Waals surface area (Å²) in [5.41, 5.74) is 2.86. The average Bonchev–Trinajstić information content (AvgIpc) is 2.19. The van der Waals surface area contributed by atoms with E-state index >= 15 is 0 Å². The molecule has 1 aliphatic rings. The van der Waals surface area contributed by atoms with Gasteiger partial charge in [-0.05, 0) is 43.6 Å². The predicted molar refractivity (Wildman–Crippen MR) is 71.5 cm³/mol. The van der Waals surface area contributed by atoms with Crippen LogP contribution in [0.4, 0.5) is 0 Å². The van der Waals surface area contributed by atoms with E-state index in [9.17, 15) is 0 Å². The summed E-state index contributed by atoms with van der Waals surface area (Å²) in [5, 5.41) is 3.36. The Morgan fingerprint density at radius 2 is 1.93 bits per heavy atom. The zero-order valence-corrected chi connectivity index (χ0v) is 10.9. The van der Waals surface area contributed by atoms with E-state index in [1.807, 2.05) is 0 Å². The Kier molecular flexibility index (Phi) is 5.37. The minimum Gasteiger partial charge on any atom is -0.316 e. The van der Waals surface area contributed by atoms with Crippen molar-refractivity contribution in [1.29, 1.82) is 0 Å². The summed E-state index contributed by atoms with van der Waals surface area (Å²) in [4.78, 5) is 0. The van der Waals surface area contributed by atoms with Crippen molar-refractivity contribution in [3.8, 4) is 0 Å². The number of rotatable bonds is 1. The van der Waals surface area contributed by atoms with Crippen molar-refractivity contribution in [2.24, 2.45) is 0 Å². The van der Waals surface area contributed by atoms with Crippen molar-refractivity contribution in [3.63, 3.8) is 0 Å². The van der Waals surface area contributed by atoms with Gasteiger partial charge in [-0.15, -0.1) is 12.4 Å². The van der Waals surface area contributed by atoms with Crippen LogP contribution < -0.4 is 5.32 Å². The first-order valence-electron chi connectivity index (χ1n) is 5.00. The first kappa shape index (κ1) is 12.8. The fourth-order valence-electron chi connectivity index (χ4n) is 1.72. The second-order valence-electron chi connectivity index (χ2n) is 3.61. The van der Waals surface area contributed by atoms with E-state index in [2.05, 4.69) is 51.6 Å². The molecule has 1 aromatic carbocycles. The molecule has 0 aromatic heterocycles. The van der Waals surface area contributed by atoms with Crippen LogP contribution in [-0.4, -0.2) is 13.1 Å². The van der Waals surface area contributed by atoms with Gasteiger partial charge in [0.2, 0.25) is 0 Å². The Balaban J connectivity index is 0.00000112. The molecule has 0 atom stereocenters. The van der Waals surface area contributed by atoms with Crippen LogP contribution in [-0.2, 0) is 0 Å². The van der Waals surface area contributed by atoms with E-state index in [1.54, 1.807) is 5.57 Å². The summed E-state index contributed by atoms with van der Waals surface area (Å²) in [6.07, 6.45) is 4.69. The summed E-state index contributed by atoms with van der Waals surface area (Å²) in [7, 11) is 0. The van der Waals surface area contributed by atoms with Crippen molar-refractivity contribution >= 4 is 34.4 Å². The zero-order chi connectivity index (χ0) is 9.80. The van der Waals surface area contributed by atoms with Crippen molar-refractivity contribution in [3.05, 3.63) is 39.9 Å². The van der Waals surface area contributed by atoms with Gasteiger partial charge in [-0.2, -0.15) is 0 Å². The topological polar surface area (TPSA) is 12.0 Å². The fourth-order valence-corrected chi connectivity index (χ4v) is 2.14. The Labute approximate surface area is 105 Å². The van der Waals surface area contributed by atoms with Gasteiger partial charge < -0.3 is 5.32 Å². The molecule has 0 saturated carbocycles. The molecule has 0 unspecified atom stereocenters. The largest absolute Gasteiger partial charge is 0.316 e. The third kappa shape index (κ3) is 3.98. The second-order valence-corrected chi connectivity index (χ2v) is 4.52. The van der Waals surface area contributed by atoms with Crippen molar-refractivity contribution in [2.45, 2.75) is 12.8 Å². The molecule has 1 saturated heterocycles. The second kappa shape index (κ2) is 6.31. The van der Waals surface area contributed by atoms with E-state index < -0.39 is 0 Å². The van der Waals surface area contributed by atoms with Crippen LogP contribution in [0, 0.1) is 0 Å². The Bertz CT molecular complexity index is 341. The molecule has 0 spiro atoms. The summed E-state index contributed by atoms with van der Waals surface area (Å²) >= 11 is 3.49. The number of piperidine rings is 1. The molecule has 1 heterocycles. The van der Waals surface area contributed by atoms with Crippen LogP contribution in [0.3, 0.4) is 0 Å². The van der Waals surface area contributed by atoms with Gasteiger partial charge >= 0.3 is 0 Å². The molecule has 0 aliphatic carbocycles. The van der Waals surface area contributed by atoms with E-state index in [0.717, 1.165) is 17.6 Å². The number of benzene rings is 1. The summed E-state index contributed by atoms with van der Waals surface area (Å²) in [5.74, 6) is 0. The maximum atomic E-state index is 3.49. The van der Waals surface area contributed by atoms with E-state index in [-0.39, 0.29) is 12.4 Å². The minimum absolute atomic E-state index is 0. The standard InChI is InChI=1S/C12H14BrN.ClH/c13-12-3-1-2-11(9-12)8-10-4-6-14-7-5-10;/h1-3,8-9,14H,4-7H2;1H. The Morgan fingerprint density at radius 1 is 1.20 bits per heavy atom. The predicted octanol–water partition coefficient (Wildman–Crippen LogP) is 3.64. The lowest BCUT2D eigenvalue weighted by molar-refractivity contribution is 0.613. The molecule has 15 heavy (non-hydrogen) atoms. The van der Waals surface area contributed by atoms with Crippen molar-refractivity contribution in [1.82, 2.24) is 5.32 Å². The summed E-state index contributed by atoms with van der Waals surface area (Å²) in [6.45, 7) is 2.25. The molecule has 0 radical (unpaired) electrons. The summed E-state index contributed by atoms with van der Waals surface area (Å²) < 4.78 is 1.15. The van der Waals surface area contributed by atoms with Crippen LogP contribution in [0.2, 0.25) is 0 Å². The fraction of sp³-hybridized carbons (Fsp3) is 0.333. The monoisotopic (exact) mass is 287 g/mol. The maximum Gasteiger partial charge on any atom is 0.0181 e. The Morgan fingerprint density at radius 3 is 2.60 bits per heavy atom. The smallest absolute Gasteiger partial charge is 0.0181 e. The third-order valence-electron chi connectivity index (χ3n) is 2.47. The molecular weight excluding hydrogens is 273 g/mol. The van der Waals surface area contributed by atoms with Gasteiger partial charge in [0, 0.05) is 4.47 Å². The van der Waals surface area contributed by atoms with Gasteiger partial charge in [0.25, 0.3) is 0 Å². The van der Waals surface area contributed by atoms with Crippen LogP contribution in [0.25, 0.3) is 6.08 Å². The molecule has 1 aromatic rings. The number of hydrogen-bond acceptors (Lipinski definition) is 1. The molecule has 1 aliphatic heterocycles. The molecule has 0 bridgehead atoms. The first-order chi connectivity index (χ1) is 6.84. The first-order valence-corrected chi connectivity index (χ1v) is 5.79. The zero-order valence-electron chi connectivity index (χ0n) is 8.50. The maximum absolute atomic E-state index is 3.49. The van der Waals surface area contributed by atoms with E-state index in [0.29, 0.717) is 0 Å². The van der Waals surface area contributed by atoms with Crippen LogP contribution in [0.1, 0.15) is 18.4 Å². The minimum atomic E-state index is 0. The van der Waals surface area contributed by atoms with Crippen LogP contribution >= 0.6 is 28.3 Å². The lowest BCUT2D eigenvalue weighted by Gasteiger charge is -2.15. The van der Waals surface area contributed by atoms with Crippen molar-refractivity contribution in [2.75, 3.05) is 13.1 Å². The van der Waals surface area contributed by atoms with Gasteiger partial charge in [-0.25, -0.2) is 0 Å². The van der Waals surface area contributed by atoms with Gasteiger partial charge in [-0.1, -0.05) is 39.7 Å². The molecule has 1 fully saturated rings. The van der Waals surface area contributed by atoms with Gasteiger partial charge in [0.05, 0.1) is 0 Å². The van der Waals surface area contributed by atoms with Gasteiger partial charge in [-0.3, -0.25) is 0 Å². The normalized spacial score (nSPS) is 15.7. The highest BCUT2D eigenvalue weighted by molar-refractivity contribution is 9.10. The van der Waals surface area contributed by atoms with Gasteiger partial charge in [0.15, 0.2) is 0 Å². The Hall–Kier alpha value is -0.310. The van der Waals surface area contributed by atoms with Crippen LogP contribution in [0.15, 0.2) is 34.3 Å². The molecular formula is C12H15BrClN. The number of halogens is 2. The van der Waals surface area contributed by atoms with E-state index in [4.69, 9.17) is 0 Å². The molecule has 0 amide bonds. The molecule has 1 nitrogen and oxygen atoms in total.